The van der Waals surface area contributed by atoms with E-state index in [9.17, 15) is 58.1 Å². The Hall–Kier alpha value is -6.48. The summed E-state index contributed by atoms with van der Waals surface area (Å²) in [6.07, 6.45) is 0. The van der Waals surface area contributed by atoms with E-state index in [1.165, 1.54) is 48.5 Å². The third-order valence-electron chi connectivity index (χ3n) is 8.88. The molecular weight excluding hydrogens is 1060 g/mol. The number of azo groups is 3. The summed E-state index contributed by atoms with van der Waals surface area (Å²) in [4.78, 5) is -3.28. The third-order valence-corrected chi connectivity index (χ3v) is 14.7. The van der Waals surface area contributed by atoms with Crippen LogP contribution in [0.5, 0.6) is 17.2 Å². The van der Waals surface area contributed by atoms with Crippen molar-refractivity contribution in [1.82, 2.24) is 0 Å². The average Bonchev–Trinajstić information content (AvgIpc) is 3.29. The van der Waals surface area contributed by atoms with Crippen molar-refractivity contribution in [1.29, 1.82) is 0 Å². The topological polar surface area (TPSA) is 437 Å². The molecule has 0 saturated carbocycles. The Bertz CT molecular complexity index is 3500. The van der Waals surface area contributed by atoms with Crippen molar-refractivity contribution in [2.45, 2.75) is 24.5 Å². The molecule has 0 heterocycles. The van der Waals surface area contributed by atoms with Crippen LogP contribution in [-0.2, 0) is 63.0 Å². The summed E-state index contributed by atoms with van der Waals surface area (Å²) < 4.78 is 138. The molecule has 0 saturated heterocycles. The fraction of sp³-hybridized carbons (Fsp3) is 0.0556. The molecule has 0 aliphatic rings. The number of rotatable bonds is 21. The quantitative estimate of drug-likeness (QED) is 0.00622. The fourth-order valence-corrected chi connectivity index (χ4v) is 10.1. The van der Waals surface area contributed by atoms with Crippen LogP contribution in [0.4, 0.5) is 45.5 Å². The molecule has 0 radical (unpaired) electrons. The average molecular weight is 1090 g/mol. The molecule has 28 nitrogen and oxygen atoms in total. The van der Waals surface area contributed by atoms with Crippen LogP contribution in [-0.4, -0.2) is 81.0 Å². The van der Waals surface area contributed by atoms with Crippen LogP contribution in [0, 0.1) is 0 Å². The van der Waals surface area contributed by atoms with E-state index in [1.807, 2.05) is 0 Å². The lowest BCUT2D eigenvalue weighted by Gasteiger charge is -2.14. The van der Waals surface area contributed by atoms with Gasteiger partial charge in [0, 0.05) is 11.8 Å². The van der Waals surface area contributed by atoms with Gasteiger partial charge in [-0.1, -0.05) is 10.1 Å². The van der Waals surface area contributed by atoms with Crippen LogP contribution < -0.4 is 10.5 Å². The first kappa shape index (κ1) is 52.9. The van der Waals surface area contributed by atoms with Crippen LogP contribution in [0.25, 0.3) is 10.8 Å². The number of benzene rings is 6. The van der Waals surface area contributed by atoms with Gasteiger partial charge in [0.05, 0.1) is 61.5 Å². The van der Waals surface area contributed by atoms with E-state index in [1.54, 1.807) is 0 Å². The highest BCUT2D eigenvalue weighted by atomic mass is 32.2. The lowest BCUT2D eigenvalue weighted by atomic mass is 10.1. The number of phenols is 3. The second-order valence-electron chi connectivity index (χ2n) is 13.4. The molecule has 0 aromatic heterocycles. The maximum Gasteiger partial charge on any atom is 0.296 e. The number of sulfone groups is 1. The van der Waals surface area contributed by atoms with E-state index < -0.39 is 101 Å². The Labute approximate surface area is 402 Å². The molecule has 0 bridgehead atoms. The van der Waals surface area contributed by atoms with Gasteiger partial charge in [0.15, 0.2) is 27.9 Å². The van der Waals surface area contributed by atoms with Crippen molar-refractivity contribution in [3.8, 4) is 17.2 Å². The van der Waals surface area contributed by atoms with E-state index in [2.05, 4.69) is 54.2 Å². The normalized spacial score (nSPS) is 12.7. The van der Waals surface area contributed by atoms with Crippen molar-refractivity contribution >= 4 is 121 Å². The standard InChI is InChI=1S/C36H30N8O20S6/c37-33-32-19(15-29(65-63-61-48)34(36(32)47)42-41-27-12-10-25(18-30(27)69(54,55)56)67(50,51)14-13-60-66-64-62-49)16-31(70(57,58)59)35(33)43-39-21-5-8-24(9-6-21)68(52,53)44-22-3-1-20(2-4-22)38-40-26-11-7-23(45)17-28(26)46/h1-12,15-18,44-49H,13-14,37H2,(H,54,55,56)(H,57,58,59)/b40-38+,42-41+,43-39+. The van der Waals surface area contributed by atoms with Gasteiger partial charge in [0.2, 0.25) is 0 Å². The van der Waals surface area contributed by atoms with Gasteiger partial charge >= 0.3 is 0 Å². The highest BCUT2D eigenvalue weighted by Gasteiger charge is 2.27. The number of aromatic hydroxyl groups is 3. The molecule has 0 amide bonds. The molecule has 0 unspecified atom stereocenters. The Morgan fingerprint density at radius 1 is 0.614 bits per heavy atom. The predicted octanol–water partition coefficient (Wildman–Crippen LogP) is 8.28. The lowest BCUT2D eigenvalue weighted by molar-refractivity contribution is -0.434. The Morgan fingerprint density at radius 2 is 1.20 bits per heavy atom. The van der Waals surface area contributed by atoms with Crippen molar-refractivity contribution in [2.24, 2.45) is 30.7 Å². The molecule has 10 N–H and O–H groups in total. The first-order valence-electron chi connectivity index (χ1n) is 18.4. The largest absolute Gasteiger partial charge is 0.508 e. The molecule has 6 aromatic carbocycles. The number of nitrogen functional groups attached to an aromatic ring is 1. The SMILES string of the molecule is Nc1c(/N=N/c2ccc(S(=O)(=O)Nc3ccc(/N=N/c4ccc(O)cc4O)cc3)cc2)c(S(=O)(=O)O)cc2cc(SOOO)c(/N=N/c3ccc(S(=O)(=O)CCOSOOO)cc3S(=O)(=O)O)c(O)c12. The minimum absolute atomic E-state index is 0.0714. The smallest absolute Gasteiger partial charge is 0.296 e. The number of nitrogens with two attached hydrogens (primary N) is 1. The zero-order chi connectivity index (χ0) is 51.0. The van der Waals surface area contributed by atoms with Gasteiger partial charge in [0.25, 0.3) is 30.3 Å². The van der Waals surface area contributed by atoms with E-state index >= 15 is 0 Å². The summed E-state index contributed by atoms with van der Waals surface area (Å²) in [5.74, 6) is -2.20. The second kappa shape index (κ2) is 22.1. The fourth-order valence-electron chi connectivity index (χ4n) is 5.75. The number of sulfonamides is 1. The van der Waals surface area contributed by atoms with Gasteiger partial charge in [-0.05, 0) is 96.4 Å². The second-order valence-corrected chi connectivity index (χ2v) is 21.2. The zero-order valence-corrected chi connectivity index (χ0v) is 39.2. The first-order chi connectivity index (χ1) is 33.0. The van der Waals surface area contributed by atoms with Gasteiger partial charge in [-0.15, -0.1) is 29.1 Å². The summed E-state index contributed by atoms with van der Waals surface area (Å²) in [5.41, 5.74) is 3.98. The van der Waals surface area contributed by atoms with Crippen LogP contribution in [0.3, 0.4) is 0 Å². The number of nitrogens with one attached hydrogen (secondary N) is 1. The van der Waals surface area contributed by atoms with Gasteiger partial charge in [-0.25, -0.2) is 27.4 Å². The maximum atomic E-state index is 13.2. The zero-order valence-electron chi connectivity index (χ0n) is 34.3. The monoisotopic (exact) mass is 1090 g/mol. The van der Waals surface area contributed by atoms with Crippen LogP contribution in [0.15, 0.2) is 152 Å². The van der Waals surface area contributed by atoms with Crippen molar-refractivity contribution in [3.63, 3.8) is 0 Å². The number of hydrogen-bond acceptors (Lipinski definition) is 27. The summed E-state index contributed by atoms with van der Waals surface area (Å²) in [5, 5.41) is 77.3. The Morgan fingerprint density at radius 3 is 1.83 bits per heavy atom. The maximum absolute atomic E-state index is 13.2. The van der Waals surface area contributed by atoms with Gasteiger partial charge in [0.1, 0.15) is 44.0 Å². The van der Waals surface area contributed by atoms with Gasteiger partial charge in [-0.2, -0.15) is 27.1 Å². The summed E-state index contributed by atoms with van der Waals surface area (Å²) in [6, 6.07) is 18.0. The molecule has 34 heteroatoms. The molecule has 6 aromatic rings. The molecule has 0 aliphatic carbocycles. The summed E-state index contributed by atoms with van der Waals surface area (Å²) >= 11 is 0.217. The number of phenolic OH excluding ortho intramolecular Hbond substituents is 3. The number of fused-ring (bicyclic) bond motifs is 1. The molecule has 0 atom stereocenters. The molecule has 6 rings (SSSR count). The molecule has 0 fully saturated rings. The van der Waals surface area contributed by atoms with E-state index in [0.29, 0.717) is 11.8 Å². The van der Waals surface area contributed by atoms with Gasteiger partial charge < -0.3 is 21.1 Å². The van der Waals surface area contributed by atoms with E-state index in [-0.39, 0.29) is 68.1 Å². The van der Waals surface area contributed by atoms with Crippen LogP contribution in [0.2, 0.25) is 0 Å². The number of hydrogen-bond donors (Lipinski definition) is 9. The minimum atomic E-state index is -5.25. The highest BCUT2D eigenvalue weighted by Crippen LogP contribution is 2.50. The first-order valence-corrected chi connectivity index (χ1v) is 25.8. The van der Waals surface area contributed by atoms with Crippen molar-refractivity contribution in [3.05, 3.63) is 97.1 Å². The molecular formula is C36H30N8O20S6. The number of anilines is 2. The third kappa shape index (κ3) is 13.0. The highest BCUT2D eigenvalue weighted by molar-refractivity contribution is 7.94. The lowest BCUT2D eigenvalue weighted by Crippen LogP contribution is -2.12. The van der Waals surface area contributed by atoms with Crippen molar-refractivity contribution in [2.75, 3.05) is 22.8 Å². The molecule has 70 heavy (non-hydrogen) atoms. The minimum Gasteiger partial charge on any atom is -0.508 e. The van der Waals surface area contributed by atoms with Crippen LogP contribution in [0.1, 0.15) is 0 Å². The Kier molecular flexibility index (Phi) is 16.7. The van der Waals surface area contributed by atoms with E-state index in [0.717, 1.165) is 42.5 Å². The Balaban J connectivity index is 1.30. The molecule has 0 spiro atoms. The molecule has 0 aliphatic heterocycles. The summed E-state index contributed by atoms with van der Waals surface area (Å²) in [7, 11) is -19.0. The van der Waals surface area contributed by atoms with Crippen LogP contribution >= 0.6 is 24.4 Å². The number of nitrogens with zero attached hydrogens (tertiary/aromatic N) is 6. The van der Waals surface area contributed by atoms with Gasteiger partial charge in [-0.3, -0.25) is 18.0 Å². The van der Waals surface area contributed by atoms with E-state index in [4.69, 9.17) is 20.4 Å². The molecule has 370 valence electrons. The predicted molar refractivity (Wildman–Crippen MR) is 243 cm³/mol. The van der Waals surface area contributed by atoms with Crippen molar-refractivity contribution < 1.29 is 91.5 Å². The summed E-state index contributed by atoms with van der Waals surface area (Å²) in [6.45, 7) is -0.551.